The molecule has 1 N–H and O–H groups in total. The number of ether oxygens (including phenoxy) is 1. The van der Waals surface area contributed by atoms with E-state index in [9.17, 15) is 0 Å². The molecule has 2 aliphatic rings. The molecule has 0 bridgehead atoms. The van der Waals surface area contributed by atoms with Gasteiger partial charge < -0.3 is 10.1 Å². The van der Waals surface area contributed by atoms with Crippen LogP contribution in [0.4, 0.5) is 5.69 Å². The summed E-state index contributed by atoms with van der Waals surface area (Å²) >= 11 is 0. The highest BCUT2D eigenvalue weighted by Crippen LogP contribution is 2.25. The first-order valence-electron chi connectivity index (χ1n) is 8.11. The maximum Gasteiger partial charge on any atom is 0.169 e. The fraction of sp³-hybridized carbons (Fsp3) is 0.412. The van der Waals surface area contributed by atoms with Crippen LogP contribution in [-0.4, -0.2) is 55.5 Å². The Kier molecular flexibility index (Phi) is 5.00. The maximum atomic E-state index is 5.50. The first-order chi connectivity index (χ1) is 11.7. The predicted octanol–water partition coefficient (Wildman–Crippen LogP) is 2.20. The summed E-state index contributed by atoms with van der Waals surface area (Å²) in [5.74, 6) is 2.29. The van der Waals surface area contributed by atoms with Gasteiger partial charge >= 0.3 is 0 Å². The average molecular weight is 326 g/mol. The summed E-state index contributed by atoms with van der Waals surface area (Å²) in [4.78, 5) is 19.2. The van der Waals surface area contributed by atoms with Crippen molar-refractivity contribution in [3.05, 3.63) is 23.8 Å². The highest BCUT2D eigenvalue weighted by molar-refractivity contribution is 6.23. The number of aliphatic imine (C=N–C) groups is 4. The molecular formula is C17H22N6O. The Balaban J connectivity index is 1.81. The number of benzene rings is 1. The molecule has 0 saturated heterocycles. The Morgan fingerprint density at radius 3 is 2.75 bits per heavy atom. The number of amidine groups is 2. The quantitative estimate of drug-likeness (QED) is 0.871. The lowest BCUT2D eigenvalue weighted by Gasteiger charge is -2.21. The van der Waals surface area contributed by atoms with Gasteiger partial charge in [0.1, 0.15) is 24.3 Å². The highest BCUT2D eigenvalue weighted by Gasteiger charge is 2.26. The van der Waals surface area contributed by atoms with Gasteiger partial charge in [-0.2, -0.15) is 0 Å². The summed E-state index contributed by atoms with van der Waals surface area (Å²) in [5, 5.41) is 3.34. The molecule has 0 amide bonds. The number of hydrogen-bond acceptors (Lipinski definition) is 7. The number of nitrogens with zero attached hydrogens (tertiary/aromatic N) is 5. The molecule has 126 valence electrons. The minimum absolute atomic E-state index is 0.233. The standard InChI is InChI=1S/C17H22N6O/c1-4-23(5-2)9-12-8-13(6-7-14(12)24-3)22-17-15-16(19-10-18-15)20-11-21-17/h6-8,10-11,15H,4-5,9H2,1-3H3,(H,18,19,20,21,22). The number of fused-ring (bicyclic) bond motifs is 1. The minimum Gasteiger partial charge on any atom is -0.496 e. The molecule has 3 rings (SSSR count). The third-order valence-electron chi connectivity index (χ3n) is 4.14. The summed E-state index contributed by atoms with van der Waals surface area (Å²) in [6, 6.07) is 5.82. The van der Waals surface area contributed by atoms with Gasteiger partial charge in [0, 0.05) is 17.8 Å². The van der Waals surface area contributed by atoms with E-state index in [4.69, 9.17) is 4.74 Å². The van der Waals surface area contributed by atoms with E-state index >= 15 is 0 Å². The lowest BCUT2D eigenvalue weighted by molar-refractivity contribution is 0.289. The van der Waals surface area contributed by atoms with Crippen LogP contribution in [0.15, 0.2) is 38.2 Å². The zero-order valence-electron chi connectivity index (χ0n) is 14.2. The third-order valence-corrected chi connectivity index (χ3v) is 4.14. The van der Waals surface area contributed by atoms with E-state index in [1.54, 1.807) is 7.11 Å². The molecule has 1 unspecified atom stereocenters. The van der Waals surface area contributed by atoms with E-state index < -0.39 is 0 Å². The second-order valence-electron chi connectivity index (χ2n) is 5.53. The molecule has 2 heterocycles. The average Bonchev–Trinajstić information content (AvgIpc) is 3.09. The monoisotopic (exact) mass is 326 g/mol. The number of rotatable bonds is 6. The van der Waals surface area contributed by atoms with Crippen LogP contribution in [0.3, 0.4) is 0 Å². The summed E-state index contributed by atoms with van der Waals surface area (Å²) in [7, 11) is 1.70. The Bertz CT molecular complexity index is 718. The van der Waals surface area contributed by atoms with E-state index in [0.29, 0.717) is 5.84 Å². The number of nitrogens with one attached hydrogen (secondary N) is 1. The van der Waals surface area contributed by atoms with Crippen LogP contribution >= 0.6 is 0 Å². The summed E-state index contributed by atoms with van der Waals surface area (Å²) < 4.78 is 5.50. The van der Waals surface area contributed by atoms with Gasteiger partial charge in [0.15, 0.2) is 11.9 Å². The number of anilines is 1. The van der Waals surface area contributed by atoms with Gasteiger partial charge in [0.2, 0.25) is 0 Å². The van der Waals surface area contributed by atoms with Crippen molar-refractivity contribution in [2.45, 2.75) is 26.4 Å². The zero-order valence-corrected chi connectivity index (χ0v) is 14.2. The van der Waals surface area contributed by atoms with Crippen LogP contribution in [-0.2, 0) is 6.54 Å². The van der Waals surface area contributed by atoms with E-state index in [0.717, 1.165) is 42.5 Å². The van der Waals surface area contributed by atoms with Gasteiger partial charge in [-0.3, -0.25) is 9.89 Å². The summed E-state index contributed by atoms with van der Waals surface area (Å²) in [6.45, 7) is 7.16. The molecular weight excluding hydrogens is 304 g/mol. The van der Waals surface area contributed by atoms with Crippen LogP contribution in [0, 0.1) is 0 Å². The molecule has 24 heavy (non-hydrogen) atoms. The maximum absolute atomic E-state index is 5.50. The summed E-state index contributed by atoms with van der Waals surface area (Å²) in [5.41, 5.74) is 2.09. The molecule has 2 aliphatic heterocycles. The van der Waals surface area contributed by atoms with Crippen LogP contribution in [0.2, 0.25) is 0 Å². The molecule has 0 aliphatic carbocycles. The van der Waals surface area contributed by atoms with E-state index in [1.807, 2.05) is 12.1 Å². The van der Waals surface area contributed by atoms with Crippen LogP contribution in [0.25, 0.3) is 0 Å². The first kappa shape index (κ1) is 16.3. The van der Waals surface area contributed by atoms with Crippen molar-refractivity contribution in [3.8, 4) is 5.75 Å². The van der Waals surface area contributed by atoms with Crippen LogP contribution in [0.1, 0.15) is 19.4 Å². The molecule has 7 nitrogen and oxygen atoms in total. The fourth-order valence-electron chi connectivity index (χ4n) is 2.73. The van der Waals surface area contributed by atoms with Crippen LogP contribution in [0.5, 0.6) is 5.75 Å². The summed E-state index contributed by atoms with van der Waals surface area (Å²) in [6.07, 6.45) is 3.03. The van der Waals surface area contributed by atoms with Crippen molar-refractivity contribution in [1.82, 2.24) is 4.90 Å². The van der Waals surface area contributed by atoms with Crippen molar-refractivity contribution in [2.24, 2.45) is 20.0 Å². The van der Waals surface area contributed by atoms with Crippen molar-refractivity contribution in [3.63, 3.8) is 0 Å². The van der Waals surface area contributed by atoms with Gasteiger partial charge in [-0.25, -0.2) is 15.0 Å². The van der Waals surface area contributed by atoms with Gasteiger partial charge in [0.25, 0.3) is 0 Å². The third kappa shape index (κ3) is 3.35. The number of methoxy groups -OCH3 is 1. The Morgan fingerprint density at radius 2 is 2.00 bits per heavy atom. The Labute approximate surface area is 141 Å². The number of hydrogen-bond donors (Lipinski definition) is 1. The SMILES string of the molecule is CCN(CC)Cc1cc(NC2=NC=NC3=NC=NC32)ccc1OC. The van der Waals surface area contributed by atoms with Crippen molar-refractivity contribution in [2.75, 3.05) is 25.5 Å². The van der Waals surface area contributed by atoms with E-state index in [2.05, 4.69) is 50.1 Å². The molecule has 0 radical (unpaired) electrons. The van der Waals surface area contributed by atoms with Gasteiger partial charge in [-0.1, -0.05) is 13.8 Å². The molecule has 0 saturated carbocycles. The van der Waals surface area contributed by atoms with Gasteiger partial charge in [0.05, 0.1) is 7.11 Å². The highest BCUT2D eigenvalue weighted by atomic mass is 16.5. The fourth-order valence-corrected chi connectivity index (χ4v) is 2.73. The Morgan fingerprint density at radius 1 is 1.17 bits per heavy atom. The second kappa shape index (κ2) is 7.35. The molecule has 0 fully saturated rings. The smallest absolute Gasteiger partial charge is 0.169 e. The largest absolute Gasteiger partial charge is 0.496 e. The molecule has 0 spiro atoms. The van der Waals surface area contributed by atoms with Crippen molar-refractivity contribution in [1.29, 1.82) is 0 Å². The topological polar surface area (TPSA) is 73.9 Å². The lowest BCUT2D eigenvalue weighted by atomic mass is 10.1. The van der Waals surface area contributed by atoms with Gasteiger partial charge in [-0.05, 0) is 31.3 Å². The van der Waals surface area contributed by atoms with Crippen molar-refractivity contribution >= 4 is 30.0 Å². The van der Waals surface area contributed by atoms with E-state index in [1.165, 1.54) is 12.7 Å². The zero-order chi connectivity index (χ0) is 16.9. The van der Waals surface area contributed by atoms with Gasteiger partial charge in [-0.15, -0.1) is 0 Å². The first-order valence-corrected chi connectivity index (χ1v) is 8.11. The van der Waals surface area contributed by atoms with Crippen molar-refractivity contribution < 1.29 is 4.74 Å². The molecule has 0 aromatic heterocycles. The normalized spacial score (nSPS) is 18.4. The Hall–Kier alpha value is -2.54. The molecule has 1 atom stereocenters. The minimum atomic E-state index is -0.233. The van der Waals surface area contributed by atoms with Crippen LogP contribution < -0.4 is 10.1 Å². The lowest BCUT2D eigenvalue weighted by Crippen LogP contribution is -2.33. The van der Waals surface area contributed by atoms with E-state index in [-0.39, 0.29) is 6.04 Å². The molecule has 7 heteroatoms. The second-order valence-corrected chi connectivity index (χ2v) is 5.53. The molecule has 1 aromatic rings. The molecule has 1 aromatic carbocycles. The predicted molar refractivity (Wildman–Crippen MR) is 98.9 cm³/mol.